The van der Waals surface area contributed by atoms with Crippen molar-refractivity contribution in [2.45, 2.75) is 19.4 Å². The predicted molar refractivity (Wildman–Crippen MR) is 78.5 cm³/mol. The molecule has 2 aromatic rings. The van der Waals surface area contributed by atoms with Crippen LogP contribution in [0.15, 0.2) is 29.8 Å². The fraction of sp³-hybridized carbons (Fsp3) is 0.231. The van der Waals surface area contributed by atoms with Crippen molar-refractivity contribution in [2.24, 2.45) is 0 Å². The van der Waals surface area contributed by atoms with E-state index in [9.17, 15) is 4.79 Å². The van der Waals surface area contributed by atoms with Crippen LogP contribution in [0.25, 0.3) is 0 Å². The molecule has 0 spiro atoms. The first-order valence-electron chi connectivity index (χ1n) is 5.87. The van der Waals surface area contributed by atoms with Crippen LogP contribution < -0.4 is 11.1 Å². The van der Waals surface area contributed by atoms with Gasteiger partial charge in [-0.25, -0.2) is 4.98 Å². The quantitative estimate of drug-likeness (QED) is 0.909. The van der Waals surface area contributed by atoms with Crippen LogP contribution in [0.2, 0.25) is 5.02 Å². The molecule has 1 amide bonds. The van der Waals surface area contributed by atoms with Crippen molar-refractivity contribution in [3.8, 4) is 0 Å². The zero-order valence-corrected chi connectivity index (χ0v) is 12.0. The number of nitrogens with one attached hydrogen (secondary N) is 1. The standard InChI is InChI=1S/C13H14ClN3OS/c1-2-10(11-4-3-5-19-11)17-13(18)8-6-9(14)12(15)16-7-8/h3-7,10H,2H2,1H3,(H2,15,16)(H,17,18). The third-order valence-corrected chi connectivity index (χ3v) is 4.02. The van der Waals surface area contributed by atoms with Gasteiger partial charge in [0.05, 0.1) is 16.6 Å². The summed E-state index contributed by atoms with van der Waals surface area (Å²) < 4.78 is 0. The Hall–Kier alpha value is -1.59. The number of amides is 1. The first-order chi connectivity index (χ1) is 9.11. The van der Waals surface area contributed by atoms with E-state index in [0.717, 1.165) is 11.3 Å². The predicted octanol–water partition coefficient (Wildman–Crippen LogP) is 3.26. The molecule has 0 fully saturated rings. The van der Waals surface area contributed by atoms with Gasteiger partial charge < -0.3 is 11.1 Å². The number of pyridine rings is 1. The molecule has 0 saturated carbocycles. The summed E-state index contributed by atoms with van der Waals surface area (Å²) in [5.41, 5.74) is 5.93. The second-order valence-electron chi connectivity index (χ2n) is 4.04. The molecule has 6 heteroatoms. The summed E-state index contributed by atoms with van der Waals surface area (Å²) in [6.07, 6.45) is 2.25. The summed E-state index contributed by atoms with van der Waals surface area (Å²) in [6.45, 7) is 2.03. The summed E-state index contributed by atoms with van der Waals surface area (Å²) in [5.74, 6) is 0.0261. The van der Waals surface area contributed by atoms with Gasteiger partial charge in [0.2, 0.25) is 0 Å². The summed E-state index contributed by atoms with van der Waals surface area (Å²) in [5, 5.41) is 5.24. The average Bonchev–Trinajstić information content (AvgIpc) is 2.92. The Labute approximate surface area is 120 Å². The van der Waals surface area contributed by atoms with E-state index in [1.807, 2.05) is 24.4 Å². The molecule has 19 heavy (non-hydrogen) atoms. The van der Waals surface area contributed by atoms with Gasteiger partial charge in [0, 0.05) is 11.1 Å². The van der Waals surface area contributed by atoms with E-state index < -0.39 is 0 Å². The lowest BCUT2D eigenvalue weighted by molar-refractivity contribution is 0.0936. The highest BCUT2D eigenvalue weighted by molar-refractivity contribution is 7.10. The fourth-order valence-corrected chi connectivity index (χ4v) is 2.71. The van der Waals surface area contributed by atoms with Crippen LogP contribution in [0.4, 0.5) is 5.82 Å². The lowest BCUT2D eigenvalue weighted by atomic mass is 10.1. The lowest BCUT2D eigenvalue weighted by Gasteiger charge is -2.15. The van der Waals surface area contributed by atoms with Gasteiger partial charge in [0.1, 0.15) is 5.82 Å². The molecule has 0 bridgehead atoms. The molecule has 4 nitrogen and oxygen atoms in total. The van der Waals surface area contributed by atoms with Crippen LogP contribution in [0.1, 0.15) is 34.6 Å². The highest BCUT2D eigenvalue weighted by Gasteiger charge is 2.15. The topological polar surface area (TPSA) is 68.0 Å². The van der Waals surface area contributed by atoms with Gasteiger partial charge >= 0.3 is 0 Å². The first-order valence-corrected chi connectivity index (χ1v) is 7.13. The Balaban J connectivity index is 2.13. The third kappa shape index (κ3) is 3.24. The lowest BCUT2D eigenvalue weighted by Crippen LogP contribution is -2.27. The number of halogens is 1. The number of hydrogen-bond donors (Lipinski definition) is 2. The first kappa shape index (κ1) is 13.8. The minimum atomic E-state index is -0.199. The Bertz CT molecular complexity index is 571. The highest BCUT2D eigenvalue weighted by atomic mass is 35.5. The summed E-state index contributed by atoms with van der Waals surface area (Å²) in [4.78, 5) is 17.1. The average molecular weight is 296 g/mol. The molecule has 0 saturated heterocycles. The maximum absolute atomic E-state index is 12.1. The molecule has 0 radical (unpaired) electrons. The molecule has 0 aromatic carbocycles. The minimum Gasteiger partial charge on any atom is -0.382 e. The van der Waals surface area contributed by atoms with Crippen molar-refractivity contribution in [1.82, 2.24) is 10.3 Å². The monoisotopic (exact) mass is 295 g/mol. The van der Waals surface area contributed by atoms with Crippen LogP contribution in [0.3, 0.4) is 0 Å². The SMILES string of the molecule is CCC(NC(=O)c1cnc(N)c(Cl)c1)c1cccs1. The van der Waals surface area contributed by atoms with E-state index in [0.29, 0.717) is 5.56 Å². The number of thiophene rings is 1. The van der Waals surface area contributed by atoms with Crippen LogP contribution in [0, 0.1) is 0 Å². The highest BCUT2D eigenvalue weighted by Crippen LogP contribution is 2.23. The van der Waals surface area contributed by atoms with Crippen LogP contribution >= 0.6 is 22.9 Å². The smallest absolute Gasteiger partial charge is 0.253 e. The van der Waals surface area contributed by atoms with E-state index in [4.69, 9.17) is 17.3 Å². The molecule has 3 N–H and O–H groups in total. The molecule has 2 aromatic heterocycles. The zero-order valence-electron chi connectivity index (χ0n) is 10.4. The van der Waals surface area contributed by atoms with Gasteiger partial charge in [-0.2, -0.15) is 0 Å². The number of anilines is 1. The largest absolute Gasteiger partial charge is 0.382 e. The molecule has 0 aliphatic carbocycles. The third-order valence-electron chi connectivity index (χ3n) is 2.73. The molecule has 0 aliphatic rings. The van der Waals surface area contributed by atoms with Gasteiger partial charge in [-0.15, -0.1) is 11.3 Å². The van der Waals surface area contributed by atoms with Crippen molar-refractivity contribution < 1.29 is 4.79 Å². The molecule has 0 aliphatic heterocycles. The van der Waals surface area contributed by atoms with E-state index in [1.165, 1.54) is 12.3 Å². The van der Waals surface area contributed by atoms with Gasteiger partial charge in [-0.05, 0) is 23.9 Å². The molecule has 1 atom stereocenters. The van der Waals surface area contributed by atoms with Crippen LogP contribution in [0.5, 0.6) is 0 Å². The van der Waals surface area contributed by atoms with E-state index >= 15 is 0 Å². The maximum Gasteiger partial charge on any atom is 0.253 e. The summed E-state index contributed by atoms with van der Waals surface area (Å²) in [7, 11) is 0. The van der Waals surface area contributed by atoms with Gasteiger partial charge in [0.15, 0.2) is 0 Å². The van der Waals surface area contributed by atoms with Crippen molar-refractivity contribution in [2.75, 3.05) is 5.73 Å². The number of carbonyl (C=O) groups excluding carboxylic acids is 1. The Morgan fingerprint density at radius 2 is 2.42 bits per heavy atom. The van der Waals surface area contributed by atoms with Gasteiger partial charge in [-0.3, -0.25) is 4.79 Å². The number of nitrogens with two attached hydrogens (primary N) is 1. The molecule has 2 heterocycles. The fourth-order valence-electron chi connectivity index (χ4n) is 1.68. The molecular formula is C13H14ClN3OS. The maximum atomic E-state index is 12.1. The second-order valence-corrected chi connectivity index (χ2v) is 5.43. The Kier molecular flexibility index (Phi) is 4.39. The molecule has 100 valence electrons. The van der Waals surface area contributed by atoms with E-state index in [2.05, 4.69) is 10.3 Å². The van der Waals surface area contributed by atoms with Crippen molar-refractivity contribution in [3.63, 3.8) is 0 Å². The summed E-state index contributed by atoms with van der Waals surface area (Å²) >= 11 is 7.48. The summed E-state index contributed by atoms with van der Waals surface area (Å²) in [6, 6.07) is 5.51. The number of nitrogen functional groups attached to an aromatic ring is 1. The number of hydrogen-bond acceptors (Lipinski definition) is 4. The molecule has 1 unspecified atom stereocenters. The van der Waals surface area contributed by atoms with E-state index in [-0.39, 0.29) is 22.8 Å². The Morgan fingerprint density at radius 3 is 3.00 bits per heavy atom. The molecular weight excluding hydrogens is 282 g/mol. The van der Waals surface area contributed by atoms with E-state index in [1.54, 1.807) is 11.3 Å². The van der Waals surface area contributed by atoms with Crippen LogP contribution in [-0.4, -0.2) is 10.9 Å². The minimum absolute atomic E-state index is 0.00354. The Morgan fingerprint density at radius 1 is 1.63 bits per heavy atom. The number of nitrogens with zero attached hydrogens (tertiary/aromatic N) is 1. The normalized spacial score (nSPS) is 12.1. The van der Waals surface area contributed by atoms with Gasteiger partial charge in [0.25, 0.3) is 5.91 Å². The molecule has 2 rings (SSSR count). The number of aromatic nitrogens is 1. The van der Waals surface area contributed by atoms with Crippen molar-refractivity contribution in [1.29, 1.82) is 0 Å². The number of carbonyl (C=O) groups is 1. The van der Waals surface area contributed by atoms with Gasteiger partial charge in [-0.1, -0.05) is 24.6 Å². The van der Waals surface area contributed by atoms with Crippen molar-refractivity contribution >= 4 is 34.7 Å². The van der Waals surface area contributed by atoms with Crippen molar-refractivity contribution in [3.05, 3.63) is 45.2 Å². The zero-order chi connectivity index (χ0) is 13.8. The second kappa shape index (κ2) is 6.04. The number of rotatable bonds is 4. The van der Waals surface area contributed by atoms with Crippen LogP contribution in [-0.2, 0) is 0 Å².